The predicted molar refractivity (Wildman–Crippen MR) is 87.8 cm³/mol. The highest BCUT2D eigenvalue weighted by atomic mass is 16.6. The van der Waals surface area contributed by atoms with Crippen molar-refractivity contribution in [1.82, 2.24) is 9.97 Å². The third-order valence-electron chi connectivity index (χ3n) is 3.62. The SMILES string of the molecule is O=[N+]([O-])c1cccc(-c2cnc([C@@H](O)c3cccc([N+](=O)[O-])c3)[nH]2)c1. The first-order valence-electron chi connectivity index (χ1n) is 7.18. The van der Waals surface area contributed by atoms with Crippen molar-refractivity contribution in [2.75, 3.05) is 0 Å². The molecule has 0 saturated heterocycles. The first-order valence-corrected chi connectivity index (χ1v) is 7.18. The molecule has 9 nitrogen and oxygen atoms in total. The van der Waals surface area contributed by atoms with Crippen LogP contribution >= 0.6 is 0 Å². The van der Waals surface area contributed by atoms with Gasteiger partial charge >= 0.3 is 0 Å². The standard InChI is InChI=1S/C16H12N4O5/c21-15(11-4-2-6-13(8-11)20(24)25)16-17-9-14(18-16)10-3-1-5-12(7-10)19(22)23/h1-9,15,21H,(H,17,18)/t15-/m0/s1. The Morgan fingerprint density at radius 1 is 1.00 bits per heavy atom. The number of aliphatic hydroxyl groups is 1. The van der Waals surface area contributed by atoms with Crippen LogP contribution in [0, 0.1) is 20.2 Å². The zero-order valence-corrected chi connectivity index (χ0v) is 12.7. The molecule has 2 aromatic carbocycles. The fourth-order valence-electron chi connectivity index (χ4n) is 2.38. The van der Waals surface area contributed by atoms with Gasteiger partial charge in [-0.2, -0.15) is 0 Å². The number of nitrogens with one attached hydrogen (secondary N) is 1. The quantitative estimate of drug-likeness (QED) is 0.541. The number of imidazole rings is 1. The van der Waals surface area contributed by atoms with Crippen LogP contribution in [-0.4, -0.2) is 24.9 Å². The second-order valence-electron chi connectivity index (χ2n) is 5.24. The van der Waals surface area contributed by atoms with Crippen LogP contribution in [0.3, 0.4) is 0 Å². The van der Waals surface area contributed by atoms with Gasteiger partial charge in [0.05, 0.1) is 21.7 Å². The Morgan fingerprint density at radius 2 is 1.64 bits per heavy atom. The molecule has 126 valence electrons. The minimum absolute atomic E-state index is 0.0621. The number of hydrogen-bond donors (Lipinski definition) is 2. The molecule has 0 aliphatic rings. The molecule has 0 spiro atoms. The summed E-state index contributed by atoms with van der Waals surface area (Å²) >= 11 is 0. The maximum Gasteiger partial charge on any atom is 0.270 e. The van der Waals surface area contributed by atoms with Gasteiger partial charge in [0.1, 0.15) is 11.9 Å². The predicted octanol–water partition coefficient (Wildman–Crippen LogP) is 2.97. The lowest BCUT2D eigenvalue weighted by molar-refractivity contribution is -0.385. The zero-order chi connectivity index (χ0) is 18.0. The Kier molecular flexibility index (Phi) is 4.23. The number of non-ortho nitro benzene ring substituents is 2. The number of aromatic amines is 1. The van der Waals surface area contributed by atoms with Crippen molar-refractivity contribution in [3.8, 4) is 11.3 Å². The van der Waals surface area contributed by atoms with E-state index >= 15 is 0 Å². The van der Waals surface area contributed by atoms with Gasteiger partial charge in [-0.3, -0.25) is 20.2 Å². The summed E-state index contributed by atoms with van der Waals surface area (Å²) < 4.78 is 0. The molecule has 0 saturated carbocycles. The largest absolute Gasteiger partial charge is 0.380 e. The van der Waals surface area contributed by atoms with Gasteiger partial charge < -0.3 is 10.1 Å². The third kappa shape index (κ3) is 3.35. The van der Waals surface area contributed by atoms with E-state index in [4.69, 9.17) is 0 Å². The van der Waals surface area contributed by atoms with Crippen LogP contribution in [0.4, 0.5) is 11.4 Å². The summed E-state index contributed by atoms with van der Waals surface area (Å²) in [4.78, 5) is 27.6. The maximum absolute atomic E-state index is 10.9. The number of hydrogen-bond acceptors (Lipinski definition) is 6. The van der Waals surface area contributed by atoms with Crippen LogP contribution < -0.4 is 0 Å². The molecule has 0 fully saturated rings. The Labute approximate surface area is 140 Å². The second-order valence-corrected chi connectivity index (χ2v) is 5.24. The van der Waals surface area contributed by atoms with E-state index in [-0.39, 0.29) is 17.2 Å². The minimum Gasteiger partial charge on any atom is -0.380 e. The minimum atomic E-state index is -1.19. The summed E-state index contributed by atoms with van der Waals surface area (Å²) in [6.07, 6.45) is 0.252. The normalized spacial score (nSPS) is 11.9. The molecule has 0 aliphatic carbocycles. The van der Waals surface area contributed by atoms with Crippen molar-refractivity contribution in [2.45, 2.75) is 6.10 Å². The van der Waals surface area contributed by atoms with Crippen molar-refractivity contribution in [1.29, 1.82) is 0 Å². The summed E-state index contributed by atoms with van der Waals surface area (Å²) in [5, 5.41) is 32.1. The van der Waals surface area contributed by atoms with Crippen molar-refractivity contribution in [3.05, 3.63) is 86.3 Å². The second kappa shape index (κ2) is 6.49. The number of nitrogens with zero attached hydrogens (tertiary/aromatic N) is 3. The van der Waals surface area contributed by atoms with Gasteiger partial charge in [-0.15, -0.1) is 0 Å². The summed E-state index contributed by atoms with van der Waals surface area (Å²) in [6.45, 7) is 0. The summed E-state index contributed by atoms with van der Waals surface area (Å²) in [5.74, 6) is 0.182. The van der Waals surface area contributed by atoms with Crippen LogP contribution in [-0.2, 0) is 0 Å². The Hall–Kier alpha value is -3.59. The lowest BCUT2D eigenvalue weighted by atomic mass is 10.1. The summed E-state index contributed by atoms with van der Waals surface area (Å²) in [5.41, 5.74) is 1.14. The topological polar surface area (TPSA) is 135 Å². The average Bonchev–Trinajstić information content (AvgIpc) is 3.11. The Balaban J connectivity index is 1.91. The van der Waals surface area contributed by atoms with Gasteiger partial charge in [-0.05, 0) is 5.56 Å². The van der Waals surface area contributed by atoms with Gasteiger partial charge in [0.2, 0.25) is 0 Å². The monoisotopic (exact) mass is 340 g/mol. The summed E-state index contributed by atoms with van der Waals surface area (Å²) in [7, 11) is 0. The lowest BCUT2D eigenvalue weighted by Gasteiger charge is -2.07. The van der Waals surface area contributed by atoms with E-state index in [1.165, 1.54) is 36.5 Å². The van der Waals surface area contributed by atoms with Crippen LogP contribution in [0.25, 0.3) is 11.3 Å². The molecule has 1 heterocycles. The molecule has 0 radical (unpaired) electrons. The average molecular weight is 340 g/mol. The molecular weight excluding hydrogens is 328 g/mol. The first kappa shape index (κ1) is 16.3. The van der Waals surface area contributed by atoms with Crippen LogP contribution in [0.5, 0.6) is 0 Å². The number of H-pyrrole nitrogens is 1. The smallest absolute Gasteiger partial charge is 0.270 e. The Morgan fingerprint density at radius 3 is 2.32 bits per heavy atom. The molecule has 3 aromatic rings. The highest BCUT2D eigenvalue weighted by Crippen LogP contribution is 2.27. The summed E-state index contributed by atoms with van der Waals surface area (Å²) in [6, 6.07) is 11.6. The van der Waals surface area contributed by atoms with E-state index in [1.807, 2.05) is 0 Å². The number of rotatable bonds is 5. The van der Waals surface area contributed by atoms with Crippen LogP contribution in [0.2, 0.25) is 0 Å². The first-order chi connectivity index (χ1) is 12.0. The molecule has 1 aromatic heterocycles. The highest BCUT2D eigenvalue weighted by molar-refractivity contribution is 5.62. The number of benzene rings is 2. The van der Waals surface area contributed by atoms with Gasteiger partial charge in [0, 0.05) is 29.8 Å². The molecule has 2 N–H and O–H groups in total. The number of aliphatic hydroxyl groups excluding tert-OH is 1. The molecule has 25 heavy (non-hydrogen) atoms. The van der Waals surface area contributed by atoms with Gasteiger partial charge in [0.25, 0.3) is 11.4 Å². The van der Waals surface area contributed by atoms with E-state index in [0.717, 1.165) is 0 Å². The van der Waals surface area contributed by atoms with Gasteiger partial charge in [-0.25, -0.2) is 4.98 Å². The fraction of sp³-hybridized carbons (Fsp3) is 0.0625. The van der Waals surface area contributed by atoms with E-state index in [1.54, 1.807) is 18.2 Å². The maximum atomic E-state index is 10.9. The van der Waals surface area contributed by atoms with Crippen molar-refractivity contribution < 1.29 is 15.0 Å². The van der Waals surface area contributed by atoms with E-state index < -0.39 is 16.0 Å². The Bertz CT molecular complexity index is 953. The lowest BCUT2D eigenvalue weighted by Crippen LogP contribution is -2.02. The van der Waals surface area contributed by atoms with Gasteiger partial charge in [0.15, 0.2) is 0 Å². The van der Waals surface area contributed by atoms with E-state index in [9.17, 15) is 25.3 Å². The molecule has 9 heteroatoms. The fourth-order valence-corrected chi connectivity index (χ4v) is 2.38. The molecular formula is C16H12N4O5. The molecule has 0 aliphatic heterocycles. The van der Waals surface area contributed by atoms with Crippen molar-refractivity contribution in [2.24, 2.45) is 0 Å². The molecule has 3 rings (SSSR count). The van der Waals surface area contributed by atoms with Crippen molar-refractivity contribution >= 4 is 11.4 Å². The van der Waals surface area contributed by atoms with Crippen LogP contribution in [0.15, 0.2) is 54.7 Å². The van der Waals surface area contributed by atoms with Crippen molar-refractivity contribution in [3.63, 3.8) is 0 Å². The van der Waals surface area contributed by atoms with Crippen LogP contribution in [0.1, 0.15) is 17.5 Å². The van der Waals surface area contributed by atoms with E-state index in [0.29, 0.717) is 16.8 Å². The number of aromatic nitrogens is 2. The molecule has 0 bridgehead atoms. The zero-order valence-electron chi connectivity index (χ0n) is 12.7. The molecule has 1 atom stereocenters. The number of nitro groups is 2. The highest BCUT2D eigenvalue weighted by Gasteiger charge is 2.18. The molecule has 0 amide bonds. The van der Waals surface area contributed by atoms with E-state index in [2.05, 4.69) is 9.97 Å². The van der Waals surface area contributed by atoms with Gasteiger partial charge in [-0.1, -0.05) is 24.3 Å². The number of nitro benzene ring substituents is 2. The third-order valence-corrected chi connectivity index (χ3v) is 3.62. The molecule has 0 unspecified atom stereocenters.